The summed E-state index contributed by atoms with van der Waals surface area (Å²) in [7, 11) is 0. The third-order valence-electron chi connectivity index (χ3n) is 1.13. The summed E-state index contributed by atoms with van der Waals surface area (Å²) >= 11 is 5.29. The Bertz CT molecular complexity index is 141. The second kappa shape index (κ2) is 8.33. The van der Waals surface area contributed by atoms with Crippen LogP contribution in [0.1, 0.15) is 12.8 Å². The molecule has 12 heavy (non-hydrogen) atoms. The predicted octanol–water partition coefficient (Wildman–Crippen LogP) is 0.295. The van der Waals surface area contributed by atoms with E-state index in [1.165, 1.54) is 0 Å². The zero-order valence-corrected chi connectivity index (χ0v) is 7.47. The summed E-state index contributed by atoms with van der Waals surface area (Å²) in [6.45, 7) is 0.751. The molecule has 0 fully saturated rings. The van der Waals surface area contributed by atoms with Crippen LogP contribution in [0, 0.1) is 0 Å². The Morgan fingerprint density at radius 2 is 2.33 bits per heavy atom. The molecule has 0 rings (SSSR count). The first-order valence-corrected chi connectivity index (χ1v) is 4.23. The average molecular weight is 194 g/mol. The first kappa shape index (κ1) is 11.2. The number of carbonyl (C=O) groups is 2. The van der Waals surface area contributed by atoms with Crippen LogP contribution in [-0.2, 0) is 14.3 Å². The summed E-state index contributed by atoms with van der Waals surface area (Å²) < 4.78 is 4.68. The highest BCUT2D eigenvalue weighted by Gasteiger charge is 2.00. The minimum Gasteiger partial charge on any atom is -0.464 e. The van der Waals surface area contributed by atoms with Gasteiger partial charge in [0.25, 0.3) is 0 Å². The minimum absolute atomic E-state index is 0.251. The molecule has 5 heteroatoms. The summed E-state index contributed by atoms with van der Waals surface area (Å²) in [5.41, 5.74) is 0. The molecule has 0 aromatic rings. The number of nitrogens with one attached hydrogen (secondary N) is 1. The van der Waals surface area contributed by atoms with E-state index in [4.69, 9.17) is 11.6 Å². The molecule has 0 saturated heterocycles. The topological polar surface area (TPSA) is 55.4 Å². The highest BCUT2D eigenvalue weighted by molar-refractivity contribution is 6.18. The third kappa shape index (κ3) is 7.34. The van der Waals surface area contributed by atoms with Crippen molar-refractivity contribution in [3.8, 4) is 0 Å². The van der Waals surface area contributed by atoms with Crippen LogP contribution >= 0.6 is 11.6 Å². The lowest BCUT2D eigenvalue weighted by molar-refractivity contribution is -0.143. The van der Waals surface area contributed by atoms with Gasteiger partial charge < -0.3 is 10.1 Å². The van der Waals surface area contributed by atoms with Gasteiger partial charge in [-0.1, -0.05) is 0 Å². The lowest BCUT2D eigenvalue weighted by Crippen LogP contribution is -2.14. The highest BCUT2D eigenvalue weighted by Crippen LogP contribution is 1.91. The number of alkyl halides is 1. The zero-order chi connectivity index (χ0) is 9.23. The quantitative estimate of drug-likeness (QED) is 0.274. The fourth-order valence-electron chi connectivity index (χ4n) is 0.618. The number of halogens is 1. The van der Waals surface area contributed by atoms with Crippen LogP contribution in [0.5, 0.6) is 0 Å². The fraction of sp³-hybridized carbons (Fsp3) is 0.714. The van der Waals surface area contributed by atoms with Gasteiger partial charge in [0.2, 0.25) is 6.41 Å². The Balaban J connectivity index is 3.13. The van der Waals surface area contributed by atoms with Crippen LogP contribution < -0.4 is 5.32 Å². The van der Waals surface area contributed by atoms with E-state index in [2.05, 4.69) is 10.1 Å². The molecule has 0 aliphatic heterocycles. The van der Waals surface area contributed by atoms with Crippen molar-refractivity contribution in [1.82, 2.24) is 5.32 Å². The van der Waals surface area contributed by atoms with E-state index in [0.717, 1.165) is 0 Å². The predicted molar refractivity (Wildman–Crippen MR) is 45.0 cm³/mol. The van der Waals surface area contributed by atoms with E-state index in [-0.39, 0.29) is 12.6 Å². The molecule has 0 atom stereocenters. The molecule has 0 saturated carbocycles. The first-order chi connectivity index (χ1) is 5.81. The summed E-state index contributed by atoms with van der Waals surface area (Å²) in [6, 6.07) is 0. The molecule has 0 radical (unpaired) electrons. The summed E-state index contributed by atoms with van der Waals surface area (Å²) in [6.07, 6.45) is 1.52. The Kier molecular flexibility index (Phi) is 7.79. The fourth-order valence-corrected chi connectivity index (χ4v) is 0.695. The normalized spacial score (nSPS) is 9.08. The van der Waals surface area contributed by atoms with Crippen molar-refractivity contribution in [2.45, 2.75) is 12.8 Å². The van der Waals surface area contributed by atoms with E-state index in [1.807, 2.05) is 0 Å². The maximum Gasteiger partial charge on any atom is 0.305 e. The van der Waals surface area contributed by atoms with Gasteiger partial charge in [-0.2, -0.15) is 0 Å². The highest BCUT2D eigenvalue weighted by atomic mass is 35.5. The van der Waals surface area contributed by atoms with Gasteiger partial charge in [-0.05, 0) is 6.42 Å². The molecular formula is C7H12ClNO3. The van der Waals surface area contributed by atoms with Crippen molar-refractivity contribution in [1.29, 1.82) is 0 Å². The van der Waals surface area contributed by atoms with Gasteiger partial charge in [0.1, 0.15) is 6.61 Å². The Hall–Kier alpha value is -0.770. The maximum atomic E-state index is 10.8. The Morgan fingerprint density at radius 1 is 1.58 bits per heavy atom. The van der Waals surface area contributed by atoms with Gasteiger partial charge in [0.15, 0.2) is 0 Å². The molecule has 70 valence electrons. The molecule has 0 aliphatic rings. The largest absolute Gasteiger partial charge is 0.464 e. The van der Waals surface area contributed by atoms with Gasteiger partial charge in [0, 0.05) is 13.0 Å². The van der Waals surface area contributed by atoms with E-state index in [9.17, 15) is 9.59 Å². The smallest absolute Gasteiger partial charge is 0.305 e. The van der Waals surface area contributed by atoms with Crippen LogP contribution in [-0.4, -0.2) is 31.4 Å². The molecule has 0 aromatic carbocycles. The second-order valence-electron chi connectivity index (χ2n) is 2.08. The molecular weight excluding hydrogens is 182 g/mol. The molecule has 1 N–H and O–H groups in total. The van der Waals surface area contributed by atoms with Crippen LogP contribution in [0.2, 0.25) is 0 Å². The van der Waals surface area contributed by atoms with Crippen LogP contribution in [0.4, 0.5) is 0 Å². The standard InChI is InChI=1S/C7H12ClNO3/c8-3-5-12-7(11)2-1-4-9-6-10/h6H,1-5H2,(H,9,10). The molecule has 0 aromatic heterocycles. The SMILES string of the molecule is O=CNCCCC(=O)OCCCl. The number of esters is 1. The number of amides is 1. The second-order valence-corrected chi connectivity index (χ2v) is 2.46. The molecule has 0 heterocycles. The summed E-state index contributed by atoms with van der Waals surface area (Å²) in [5, 5.41) is 2.45. The van der Waals surface area contributed by atoms with Crippen molar-refractivity contribution >= 4 is 24.0 Å². The monoisotopic (exact) mass is 193 g/mol. The Labute approximate surface area is 76.2 Å². The van der Waals surface area contributed by atoms with Crippen LogP contribution in [0.15, 0.2) is 0 Å². The maximum absolute atomic E-state index is 10.8. The number of rotatable bonds is 7. The van der Waals surface area contributed by atoms with Crippen molar-refractivity contribution in [3.05, 3.63) is 0 Å². The molecule has 4 nitrogen and oxygen atoms in total. The van der Waals surface area contributed by atoms with Crippen molar-refractivity contribution < 1.29 is 14.3 Å². The van der Waals surface area contributed by atoms with Gasteiger partial charge >= 0.3 is 5.97 Å². The third-order valence-corrected chi connectivity index (χ3v) is 1.28. The van der Waals surface area contributed by atoms with E-state index in [1.54, 1.807) is 0 Å². The van der Waals surface area contributed by atoms with E-state index in [0.29, 0.717) is 31.7 Å². The molecule has 0 unspecified atom stereocenters. The molecule has 0 spiro atoms. The lowest BCUT2D eigenvalue weighted by atomic mass is 10.3. The Morgan fingerprint density at radius 3 is 2.92 bits per heavy atom. The number of hydrogen-bond acceptors (Lipinski definition) is 3. The van der Waals surface area contributed by atoms with E-state index >= 15 is 0 Å². The summed E-state index contributed by atoms with van der Waals surface area (Å²) in [5.74, 6) is 0.0431. The van der Waals surface area contributed by atoms with Gasteiger partial charge in [0.05, 0.1) is 5.88 Å². The molecule has 0 bridgehead atoms. The van der Waals surface area contributed by atoms with E-state index < -0.39 is 0 Å². The zero-order valence-electron chi connectivity index (χ0n) is 6.72. The van der Waals surface area contributed by atoms with Gasteiger partial charge in [-0.25, -0.2) is 0 Å². The molecule has 0 aliphatic carbocycles. The van der Waals surface area contributed by atoms with Crippen molar-refractivity contribution in [2.75, 3.05) is 19.0 Å². The van der Waals surface area contributed by atoms with Crippen molar-refractivity contribution in [2.24, 2.45) is 0 Å². The average Bonchev–Trinajstić information content (AvgIpc) is 2.09. The summed E-state index contributed by atoms with van der Waals surface area (Å²) in [4.78, 5) is 20.5. The first-order valence-electron chi connectivity index (χ1n) is 3.70. The van der Waals surface area contributed by atoms with Crippen molar-refractivity contribution in [3.63, 3.8) is 0 Å². The molecule has 1 amide bonds. The van der Waals surface area contributed by atoms with Crippen LogP contribution in [0.3, 0.4) is 0 Å². The minimum atomic E-state index is -0.275. The van der Waals surface area contributed by atoms with Crippen LogP contribution in [0.25, 0.3) is 0 Å². The van der Waals surface area contributed by atoms with Gasteiger partial charge in [-0.3, -0.25) is 9.59 Å². The van der Waals surface area contributed by atoms with Gasteiger partial charge in [-0.15, -0.1) is 11.6 Å². The number of hydrogen-bond donors (Lipinski definition) is 1. The number of carbonyl (C=O) groups excluding carboxylic acids is 2. The lowest BCUT2D eigenvalue weighted by Gasteiger charge is -2.01. The number of ether oxygens (including phenoxy) is 1.